The van der Waals surface area contributed by atoms with E-state index in [9.17, 15) is 0 Å². The maximum absolute atomic E-state index is 5.40. The molecule has 0 atom stereocenters. The van der Waals surface area contributed by atoms with Crippen LogP contribution >= 0.6 is 11.3 Å². The van der Waals surface area contributed by atoms with E-state index in [0.717, 1.165) is 35.1 Å². The molecule has 0 amide bonds. The van der Waals surface area contributed by atoms with Gasteiger partial charge in [0.2, 0.25) is 0 Å². The highest BCUT2D eigenvalue weighted by molar-refractivity contribution is 7.13. The molecule has 0 unspecified atom stereocenters. The predicted octanol–water partition coefficient (Wildman–Crippen LogP) is 3.24. The highest BCUT2D eigenvalue weighted by Gasteiger charge is 2.10. The number of nitrogens with zero attached hydrogens (tertiary/aromatic N) is 1. The number of hydrogen-bond acceptors (Lipinski definition) is 4. The average Bonchev–Trinajstić information content (AvgIpc) is 2.85. The Morgan fingerprint density at radius 1 is 1.39 bits per heavy atom. The summed E-state index contributed by atoms with van der Waals surface area (Å²) in [6, 6.07) is 6.17. The molecule has 0 spiro atoms. The molecule has 2 aromatic rings. The quantitative estimate of drug-likeness (QED) is 0.898. The molecule has 1 aromatic carbocycles. The zero-order valence-electron chi connectivity index (χ0n) is 11.0. The average molecular weight is 262 g/mol. The van der Waals surface area contributed by atoms with Crippen LogP contribution in [0.4, 0.5) is 0 Å². The second kappa shape index (κ2) is 5.98. The standard InChI is InChI=1S/C14H18N2OS/c1-4-15-8-11-9-18-14(16-11)12-7-10(2)5-6-13(12)17-3/h5-7,9,15H,4,8H2,1-3H3. The van der Waals surface area contributed by atoms with Crippen molar-refractivity contribution < 1.29 is 4.74 Å². The van der Waals surface area contributed by atoms with Crippen molar-refractivity contribution in [3.8, 4) is 16.3 Å². The van der Waals surface area contributed by atoms with E-state index in [1.807, 2.05) is 6.07 Å². The number of aryl methyl sites for hydroxylation is 1. The Morgan fingerprint density at radius 3 is 2.94 bits per heavy atom. The first kappa shape index (κ1) is 13.1. The largest absolute Gasteiger partial charge is 0.496 e. The van der Waals surface area contributed by atoms with Crippen molar-refractivity contribution in [1.82, 2.24) is 10.3 Å². The van der Waals surface area contributed by atoms with Gasteiger partial charge in [-0.15, -0.1) is 11.3 Å². The van der Waals surface area contributed by atoms with Gasteiger partial charge in [0.15, 0.2) is 0 Å². The number of benzene rings is 1. The van der Waals surface area contributed by atoms with Crippen molar-refractivity contribution in [2.24, 2.45) is 0 Å². The van der Waals surface area contributed by atoms with E-state index in [-0.39, 0.29) is 0 Å². The third-order valence-corrected chi connectivity index (χ3v) is 3.62. The third-order valence-electron chi connectivity index (χ3n) is 2.69. The van der Waals surface area contributed by atoms with Gasteiger partial charge in [-0.25, -0.2) is 4.98 Å². The van der Waals surface area contributed by atoms with Crippen LogP contribution in [0, 0.1) is 6.92 Å². The lowest BCUT2D eigenvalue weighted by atomic mass is 10.1. The van der Waals surface area contributed by atoms with Crippen LogP contribution in [0.2, 0.25) is 0 Å². The topological polar surface area (TPSA) is 34.1 Å². The van der Waals surface area contributed by atoms with E-state index in [4.69, 9.17) is 4.74 Å². The molecule has 0 saturated heterocycles. The number of hydrogen-bond donors (Lipinski definition) is 1. The van der Waals surface area contributed by atoms with Crippen molar-refractivity contribution in [1.29, 1.82) is 0 Å². The molecule has 0 aliphatic rings. The fraction of sp³-hybridized carbons (Fsp3) is 0.357. The van der Waals surface area contributed by atoms with Crippen LogP contribution in [0.15, 0.2) is 23.6 Å². The third kappa shape index (κ3) is 2.89. The van der Waals surface area contributed by atoms with Gasteiger partial charge >= 0.3 is 0 Å². The van der Waals surface area contributed by atoms with Gasteiger partial charge in [0, 0.05) is 11.9 Å². The van der Waals surface area contributed by atoms with Crippen LogP contribution in [-0.4, -0.2) is 18.6 Å². The van der Waals surface area contributed by atoms with E-state index in [2.05, 4.69) is 41.7 Å². The highest BCUT2D eigenvalue weighted by Crippen LogP contribution is 2.32. The second-order valence-electron chi connectivity index (χ2n) is 4.13. The van der Waals surface area contributed by atoms with Crippen molar-refractivity contribution in [3.63, 3.8) is 0 Å². The van der Waals surface area contributed by atoms with Gasteiger partial charge in [-0.05, 0) is 25.6 Å². The molecule has 1 heterocycles. The Balaban J connectivity index is 2.30. The molecule has 0 saturated carbocycles. The van der Waals surface area contributed by atoms with Crippen LogP contribution in [0.1, 0.15) is 18.2 Å². The summed E-state index contributed by atoms with van der Waals surface area (Å²) in [7, 11) is 1.70. The molecule has 2 rings (SSSR count). The lowest BCUT2D eigenvalue weighted by Gasteiger charge is -2.06. The van der Waals surface area contributed by atoms with Crippen LogP contribution in [-0.2, 0) is 6.54 Å². The molecule has 4 heteroatoms. The summed E-state index contributed by atoms with van der Waals surface area (Å²) in [6.07, 6.45) is 0. The first-order chi connectivity index (χ1) is 8.74. The smallest absolute Gasteiger partial charge is 0.129 e. The number of nitrogens with one attached hydrogen (secondary N) is 1. The minimum absolute atomic E-state index is 0.821. The molecule has 96 valence electrons. The molecule has 1 N–H and O–H groups in total. The van der Waals surface area contributed by atoms with Gasteiger partial charge < -0.3 is 10.1 Å². The van der Waals surface area contributed by atoms with E-state index in [1.54, 1.807) is 18.4 Å². The maximum Gasteiger partial charge on any atom is 0.129 e. The molecule has 1 aromatic heterocycles. The fourth-order valence-electron chi connectivity index (χ4n) is 1.75. The van der Waals surface area contributed by atoms with Crippen molar-refractivity contribution in [2.45, 2.75) is 20.4 Å². The van der Waals surface area contributed by atoms with Crippen molar-refractivity contribution >= 4 is 11.3 Å². The van der Waals surface area contributed by atoms with Gasteiger partial charge in [-0.1, -0.05) is 18.6 Å². The molecule has 3 nitrogen and oxygen atoms in total. The van der Waals surface area contributed by atoms with E-state index < -0.39 is 0 Å². The molecule has 0 aliphatic carbocycles. The van der Waals surface area contributed by atoms with E-state index in [0.29, 0.717) is 0 Å². The first-order valence-electron chi connectivity index (χ1n) is 6.04. The fourth-order valence-corrected chi connectivity index (χ4v) is 2.59. The normalized spacial score (nSPS) is 10.6. The number of thiazole rings is 1. The summed E-state index contributed by atoms with van der Waals surface area (Å²) in [5.74, 6) is 0.880. The van der Waals surface area contributed by atoms with E-state index in [1.165, 1.54) is 5.56 Å². The van der Waals surface area contributed by atoms with Gasteiger partial charge in [0.1, 0.15) is 10.8 Å². The summed E-state index contributed by atoms with van der Waals surface area (Å²) in [6.45, 7) is 5.95. The van der Waals surface area contributed by atoms with Gasteiger partial charge in [0.05, 0.1) is 18.4 Å². The van der Waals surface area contributed by atoms with Crippen LogP contribution in [0.5, 0.6) is 5.75 Å². The van der Waals surface area contributed by atoms with Crippen LogP contribution in [0.25, 0.3) is 10.6 Å². The summed E-state index contributed by atoms with van der Waals surface area (Å²) in [5.41, 5.74) is 3.37. The molecule has 0 aliphatic heterocycles. The number of methoxy groups -OCH3 is 1. The summed E-state index contributed by atoms with van der Waals surface area (Å²) in [4.78, 5) is 4.64. The van der Waals surface area contributed by atoms with E-state index >= 15 is 0 Å². The lowest BCUT2D eigenvalue weighted by Crippen LogP contribution is -2.11. The minimum Gasteiger partial charge on any atom is -0.496 e. The second-order valence-corrected chi connectivity index (χ2v) is 4.99. The molecule has 0 fully saturated rings. The molecule has 18 heavy (non-hydrogen) atoms. The zero-order chi connectivity index (χ0) is 13.0. The Kier molecular flexibility index (Phi) is 4.33. The predicted molar refractivity (Wildman–Crippen MR) is 76.2 cm³/mol. The molecule has 0 radical (unpaired) electrons. The van der Waals surface area contributed by atoms with Crippen LogP contribution < -0.4 is 10.1 Å². The zero-order valence-corrected chi connectivity index (χ0v) is 11.8. The first-order valence-corrected chi connectivity index (χ1v) is 6.92. The Morgan fingerprint density at radius 2 is 2.22 bits per heavy atom. The Bertz CT molecular complexity index is 522. The van der Waals surface area contributed by atoms with Crippen molar-refractivity contribution in [2.75, 3.05) is 13.7 Å². The van der Waals surface area contributed by atoms with Crippen molar-refractivity contribution in [3.05, 3.63) is 34.8 Å². The summed E-state index contributed by atoms with van der Waals surface area (Å²) < 4.78 is 5.40. The summed E-state index contributed by atoms with van der Waals surface area (Å²) >= 11 is 1.66. The number of rotatable bonds is 5. The van der Waals surface area contributed by atoms with Gasteiger partial charge in [-0.3, -0.25) is 0 Å². The lowest BCUT2D eigenvalue weighted by molar-refractivity contribution is 0.416. The number of aromatic nitrogens is 1. The molecular formula is C14H18N2OS. The highest BCUT2D eigenvalue weighted by atomic mass is 32.1. The Hall–Kier alpha value is -1.39. The van der Waals surface area contributed by atoms with Crippen LogP contribution in [0.3, 0.4) is 0 Å². The summed E-state index contributed by atoms with van der Waals surface area (Å²) in [5, 5.41) is 6.40. The minimum atomic E-state index is 0.821. The Labute approximate surface area is 112 Å². The maximum atomic E-state index is 5.40. The molecule has 0 bridgehead atoms. The SMILES string of the molecule is CCNCc1csc(-c2cc(C)ccc2OC)n1. The molecular weight excluding hydrogens is 244 g/mol. The number of ether oxygens (including phenoxy) is 1. The monoisotopic (exact) mass is 262 g/mol. The van der Waals surface area contributed by atoms with Gasteiger partial charge in [0.25, 0.3) is 0 Å². The van der Waals surface area contributed by atoms with Gasteiger partial charge in [-0.2, -0.15) is 0 Å².